The van der Waals surface area contributed by atoms with Crippen molar-refractivity contribution in [3.05, 3.63) is 69.3 Å². The van der Waals surface area contributed by atoms with Crippen molar-refractivity contribution < 1.29 is 32.9 Å². The molecule has 0 spiro atoms. The number of nitro benzene ring substituents is 1. The Hall–Kier alpha value is -3.74. The molecule has 0 radical (unpaired) electrons. The molecule has 0 unspecified atom stereocenters. The summed E-state index contributed by atoms with van der Waals surface area (Å²) in [6.07, 6.45) is 0.500. The number of nitrogens with zero attached hydrogens (tertiary/aromatic N) is 1. The van der Waals surface area contributed by atoms with Crippen LogP contribution in [0.25, 0.3) is 0 Å². The number of carbonyl (C=O) groups excluding carboxylic acids is 4. The molecule has 0 amide bonds. The first-order valence-corrected chi connectivity index (χ1v) is 6.55. The van der Waals surface area contributed by atoms with E-state index in [4.69, 9.17) is 24.9 Å². The van der Waals surface area contributed by atoms with Crippen LogP contribution < -0.4 is 5.73 Å². The van der Waals surface area contributed by atoms with Gasteiger partial charge in [-0.25, -0.2) is 4.39 Å². The first kappa shape index (κ1) is 24.5. The number of hydrogen-bond acceptors (Lipinski definition) is 7. The molecule has 0 atom stereocenters. The molecule has 0 aliphatic carbocycles. The van der Waals surface area contributed by atoms with Crippen molar-refractivity contribution in [1.29, 1.82) is 0 Å². The predicted molar refractivity (Wildman–Crippen MR) is 83.4 cm³/mol. The van der Waals surface area contributed by atoms with Crippen LogP contribution in [0.2, 0.25) is 0 Å². The van der Waals surface area contributed by atoms with E-state index >= 15 is 0 Å². The summed E-state index contributed by atoms with van der Waals surface area (Å²) < 4.78 is 25.1. The number of nitrogens with two attached hydrogens (primary N) is 1. The van der Waals surface area contributed by atoms with E-state index in [1.54, 1.807) is 19.1 Å². The molecule has 0 saturated heterocycles. The summed E-state index contributed by atoms with van der Waals surface area (Å²) in [5.74, 6) is -1.12. The third-order valence-electron chi connectivity index (χ3n) is 2.46. The smallest absolute Gasteiger partial charge is 0.373 e. The maximum atomic E-state index is 12.7. The van der Waals surface area contributed by atoms with Crippen molar-refractivity contribution in [1.82, 2.24) is 0 Å². The van der Waals surface area contributed by atoms with Crippen LogP contribution in [0.5, 0.6) is 0 Å². The maximum absolute atomic E-state index is 12.7. The maximum Gasteiger partial charge on any atom is 0.373 e. The zero-order chi connectivity index (χ0) is 20.7. The molecule has 0 fully saturated rings. The quantitative estimate of drug-likeness (QED) is 0.464. The number of halogens is 2. The highest BCUT2D eigenvalue weighted by molar-refractivity contribution is 5.40. The van der Waals surface area contributed by atoms with E-state index < -0.39 is 16.4 Å². The highest BCUT2D eigenvalue weighted by Gasteiger charge is 2.11. The van der Waals surface area contributed by atoms with E-state index in [-0.39, 0.29) is 23.8 Å². The van der Waals surface area contributed by atoms with Crippen LogP contribution in [0.4, 0.5) is 20.2 Å². The van der Waals surface area contributed by atoms with Gasteiger partial charge in [-0.1, -0.05) is 12.1 Å². The third kappa shape index (κ3) is 10.9. The van der Waals surface area contributed by atoms with E-state index in [9.17, 15) is 18.9 Å². The highest BCUT2D eigenvalue weighted by Crippen LogP contribution is 2.16. The van der Waals surface area contributed by atoms with E-state index in [2.05, 4.69) is 0 Å². The fourth-order valence-corrected chi connectivity index (χ4v) is 1.39. The van der Waals surface area contributed by atoms with Gasteiger partial charge in [-0.3, -0.25) is 10.1 Å². The lowest BCUT2D eigenvalue weighted by Crippen LogP contribution is -1.91. The summed E-state index contributed by atoms with van der Waals surface area (Å²) in [7, 11) is 0. The lowest BCUT2D eigenvalue weighted by atomic mass is 10.2. The molecular formula is C16H14F2N2O6. The summed E-state index contributed by atoms with van der Waals surface area (Å²) in [6, 6.07) is 8.54. The summed E-state index contributed by atoms with van der Waals surface area (Å²) in [5, 5.41) is 10.1. The Bertz CT molecular complexity index is 787. The van der Waals surface area contributed by atoms with Gasteiger partial charge in [0.1, 0.15) is 5.82 Å². The molecule has 0 saturated carbocycles. The lowest BCUT2D eigenvalue weighted by molar-refractivity contribution is -0.387. The summed E-state index contributed by atoms with van der Waals surface area (Å²) >= 11 is 0. The van der Waals surface area contributed by atoms with Crippen molar-refractivity contribution in [2.75, 3.05) is 5.73 Å². The lowest BCUT2D eigenvalue weighted by Gasteiger charge is -1.94. The Morgan fingerprint density at radius 1 is 0.885 bits per heavy atom. The first-order chi connectivity index (χ1) is 12.1. The minimum absolute atomic E-state index is 0.209. The van der Waals surface area contributed by atoms with Gasteiger partial charge in [0.25, 0.3) is 0 Å². The molecule has 2 aromatic rings. The number of anilines is 1. The molecule has 2 aromatic carbocycles. The van der Waals surface area contributed by atoms with Gasteiger partial charge in [0, 0.05) is 6.07 Å². The molecule has 10 heteroatoms. The Balaban J connectivity index is 0. The van der Waals surface area contributed by atoms with Gasteiger partial charge in [0.15, 0.2) is 0 Å². The number of nitrogen functional groups attached to an aromatic ring is 1. The zero-order valence-corrected chi connectivity index (χ0v) is 13.7. The molecule has 2 rings (SSSR count). The van der Waals surface area contributed by atoms with Crippen LogP contribution in [0.1, 0.15) is 11.1 Å². The number of nitro groups is 1. The summed E-state index contributed by atoms with van der Waals surface area (Å²) in [4.78, 5) is 41.9. The molecule has 8 nitrogen and oxygen atoms in total. The van der Waals surface area contributed by atoms with Crippen LogP contribution in [-0.4, -0.2) is 17.2 Å². The van der Waals surface area contributed by atoms with Gasteiger partial charge >= 0.3 is 18.0 Å². The molecule has 26 heavy (non-hydrogen) atoms. The van der Waals surface area contributed by atoms with Gasteiger partial charge < -0.3 is 5.73 Å². The van der Waals surface area contributed by atoms with Crippen LogP contribution in [0.15, 0.2) is 36.4 Å². The molecule has 0 aromatic heterocycles. The molecule has 0 bridgehead atoms. The Morgan fingerprint density at radius 3 is 1.58 bits per heavy atom. The molecule has 2 N–H and O–H groups in total. The number of hydrogen-bond donors (Lipinski definition) is 1. The van der Waals surface area contributed by atoms with Crippen molar-refractivity contribution in [2.24, 2.45) is 0 Å². The monoisotopic (exact) mass is 368 g/mol. The summed E-state index contributed by atoms with van der Waals surface area (Å²) in [5.41, 5.74) is 6.51. The fourth-order valence-electron chi connectivity index (χ4n) is 1.39. The average Bonchev–Trinajstić information content (AvgIpc) is 2.53. The second-order valence-electron chi connectivity index (χ2n) is 4.40. The van der Waals surface area contributed by atoms with Crippen LogP contribution in [0, 0.1) is 35.6 Å². The Labute approximate surface area is 146 Å². The van der Waals surface area contributed by atoms with Crippen LogP contribution in [-0.2, 0) is 19.2 Å². The molecule has 0 heterocycles. The molecular weight excluding hydrogens is 354 g/mol. The largest absolute Gasteiger partial charge is 0.396 e. The molecule has 0 aliphatic heterocycles. The number of aryl methyl sites for hydroxylation is 2. The van der Waals surface area contributed by atoms with Gasteiger partial charge in [-0.05, 0) is 43.2 Å². The topological polar surface area (TPSA) is 137 Å². The first-order valence-electron chi connectivity index (χ1n) is 6.55. The van der Waals surface area contributed by atoms with E-state index in [1.165, 1.54) is 12.1 Å². The third-order valence-corrected chi connectivity index (χ3v) is 2.46. The molecule has 138 valence electrons. The van der Waals surface area contributed by atoms with Crippen molar-refractivity contribution >= 4 is 23.7 Å². The highest BCUT2D eigenvalue weighted by atomic mass is 19.1. The molecule has 0 aliphatic rings. The van der Waals surface area contributed by atoms with E-state index in [0.717, 1.165) is 17.7 Å². The van der Waals surface area contributed by atoms with E-state index in [0.29, 0.717) is 5.56 Å². The number of benzene rings is 2. The van der Waals surface area contributed by atoms with Crippen molar-refractivity contribution in [3.63, 3.8) is 0 Å². The second-order valence-corrected chi connectivity index (χ2v) is 4.40. The van der Waals surface area contributed by atoms with Gasteiger partial charge in [-0.15, -0.1) is 0 Å². The number of rotatable bonds is 1. The Morgan fingerprint density at radius 2 is 1.27 bits per heavy atom. The average molecular weight is 368 g/mol. The SMILES string of the molecule is Cc1ccc(N)c(F)c1.Cc1ccc([N+](=O)[O-])c(F)c1.O=C=O.O=C=O. The van der Waals surface area contributed by atoms with E-state index in [1.807, 2.05) is 6.92 Å². The van der Waals surface area contributed by atoms with Gasteiger partial charge in [0.05, 0.1) is 10.6 Å². The second kappa shape index (κ2) is 13.7. The fraction of sp³-hybridized carbons (Fsp3) is 0.125. The standard InChI is InChI=1S/C7H6FNO2.C7H8FN.2CO2/c1-5-2-3-7(9(10)11)6(8)4-5;1-5-2-3-7(9)6(8)4-5;2*2-1-3/h2-4H,1H3;2-4H,9H2,1H3;;. The van der Waals surface area contributed by atoms with Crippen molar-refractivity contribution in [3.8, 4) is 0 Å². The minimum atomic E-state index is -0.782. The zero-order valence-electron chi connectivity index (χ0n) is 13.7. The normalized spacial score (nSPS) is 8.00. The van der Waals surface area contributed by atoms with Crippen LogP contribution >= 0.6 is 0 Å². The summed E-state index contributed by atoms with van der Waals surface area (Å²) in [6.45, 7) is 3.50. The van der Waals surface area contributed by atoms with Crippen molar-refractivity contribution in [2.45, 2.75) is 13.8 Å². The minimum Gasteiger partial charge on any atom is -0.396 e. The Kier molecular flexibility index (Phi) is 12.9. The predicted octanol–water partition coefficient (Wildman–Crippen LogP) is 2.59. The van der Waals surface area contributed by atoms with Crippen LogP contribution in [0.3, 0.4) is 0 Å². The van der Waals surface area contributed by atoms with Gasteiger partial charge in [0.2, 0.25) is 5.82 Å². The van der Waals surface area contributed by atoms with Gasteiger partial charge in [-0.2, -0.15) is 23.6 Å².